The van der Waals surface area contributed by atoms with Gasteiger partial charge in [-0.05, 0) is 42.5 Å². The van der Waals surface area contributed by atoms with Crippen LogP contribution in [0.5, 0.6) is 5.75 Å². The Morgan fingerprint density at radius 2 is 1.93 bits per heavy atom. The van der Waals surface area contributed by atoms with Crippen LogP contribution in [0.25, 0.3) is 11.3 Å². The molecule has 0 aliphatic rings. The third-order valence-corrected chi connectivity index (χ3v) is 3.81. The van der Waals surface area contributed by atoms with Crippen molar-refractivity contribution in [2.75, 3.05) is 6.61 Å². The number of furan rings is 1. The molecule has 1 N–H and O–H groups in total. The van der Waals surface area contributed by atoms with Gasteiger partial charge in [0, 0.05) is 11.1 Å². The molecule has 0 aliphatic heterocycles. The average molecular weight is 400 g/mol. The number of hydrogen-bond acceptors (Lipinski definition) is 6. The molecule has 8 nitrogen and oxygen atoms in total. The second-order valence-corrected chi connectivity index (χ2v) is 5.95. The third kappa shape index (κ3) is 4.95. The van der Waals surface area contributed by atoms with Gasteiger partial charge >= 0.3 is 0 Å². The molecule has 3 aromatic rings. The average Bonchev–Trinajstić information content (AvgIpc) is 3.16. The van der Waals surface area contributed by atoms with Gasteiger partial charge in [-0.2, -0.15) is 5.10 Å². The van der Waals surface area contributed by atoms with Crippen LogP contribution in [0, 0.1) is 10.1 Å². The molecule has 0 bridgehead atoms. The van der Waals surface area contributed by atoms with Gasteiger partial charge in [-0.3, -0.25) is 14.9 Å². The Hall–Kier alpha value is -3.65. The van der Waals surface area contributed by atoms with Crippen molar-refractivity contribution in [3.63, 3.8) is 0 Å². The predicted molar refractivity (Wildman–Crippen MR) is 103 cm³/mol. The number of carbonyl (C=O) groups excluding carboxylic acids is 1. The number of nitrogens with one attached hydrogen (secondary N) is 1. The lowest BCUT2D eigenvalue weighted by Gasteiger charge is -2.04. The first kappa shape index (κ1) is 19.1. The number of nitro groups is 1. The molecule has 2 aromatic carbocycles. The number of amides is 1. The number of hydrogen-bond donors (Lipinski definition) is 1. The maximum atomic E-state index is 11.7. The predicted octanol–water partition coefficient (Wildman–Crippen LogP) is 4.04. The normalized spacial score (nSPS) is 10.8. The van der Waals surface area contributed by atoms with E-state index < -0.39 is 10.8 Å². The minimum atomic E-state index is -0.480. The first-order valence-corrected chi connectivity index (χ1v) is 8.44. The molecule has 142 valence electrons. The zero-order chi connectivity index (χ0) is 19.9. The quantitative estimate of drug-likeness (QED) is 0.366. The monoisotopic (exact) mass is 399 g/mol. The Labute approximate surface area is 164 Å². The highest BCUT2D eigenvalue weighted by Gasteiger charge is 2.16. The van der Waals surface area contributed by atoms with Crippen molar-refractivity contribution in [1.82, 2.24) is 5.43 Å². The van der Waals surface area contributed by atoms with E-state index in [9.17, 15) is 14.9 Å². The molecular formula is C19H14ClN3O5. The van der Waals surface area contributed by atoms with Crippen LogP contribution in [0.4, 0.5) is 5.69 Å². The number of halogens is 1. The fourth-order valence-electron chi connectivity index (χ4n) is 2.29. The van der Waals surface area contributed by atoms with Crippen LogP contribution in [-0.4, -0.2) is 23.7 Å². The molecule has 0 radical (unpaired) electrons. The summed E-state index contributed by atoms with van der Waals surface area (Å²) in [7, 11) is 0. The van der Waals surface area contributed by atoms with E-state index in [1.807, 2.05) is 0 Å². The summed E-state index contributed by atoms with van der Waals surface area (Å²) in [5, 5.41) is 15.4. The molecule has 0 spiro atoms. The molecule has 9 heteroatoms. The SMILES string of the molecule is O=C(COc1ccc(Cl)cc1)N/N=C\c1ccc(-c2ccccc2[N+](=O)[O-])o1. The Morgan fingerprint density at radius 3 is 2.68 bits per heavy atom. The van der Waals surface area contributed by atoms with E-state index in [-0.39, 0.29) is 12.3 Å². The molecule has 0 atom stereocenters. The van der Waals surface area contributed by atoms with Crippen molar-refractivity contribution < 1.29 is 18.9 Å². The van der Waals surface area contributed by atoms with Crippen molar-refractivity contribution in [2.45, 2.75) is 0 Å². The van der Waals surface area contributed by atoms with E-state index in [4.69, 9.17) is 20.8 Å². The van der Waals surface area contributed by atoms with Crippen molar-refractivity contribution in [1.29, 1.82) is 0 Å². The second-order valence-electron chi connectivity index (χ2n) is 5.51. The maximum absolute atomic E-state index is 11.7. The summed E-state index contributed by atoms with van der Waals surface area (Å²) in [6, 6.07) is 16.0. The minimum Gasteiger partial charge on any atom is -0.484 e. The number of ether oxygens (including phenoxy) is 1. The van der Waals surface area contributed by atoms with Crippen LogP contribution in [0.2, 0.25) is 5.02 Å². The summed E-state index contributed by atoms with van der Waals surface area (Å²) in [6.07, 6.45) is 1.29. The van der Waals surface area contributed by atoms with Crippen LogP contribution in [0.3, 0.4) is 0 Å². The van der Waals surface area contributed by atoms with Crippen molar-refractivity contribution >= 4 is 29.4 Å². The number of carbonyl (C=O) groups is 1. The summed E-state index contributed by atoms with van der Waals surface area (Å²) in [5.41, 5.74) is 2.59. The van der Waals surface area contributed by atoms with Crippen LogP contribution in [-0.2, 0) is 4.79 Å². The number of hydrazone groups is 1. The number of para-hydroxylation sites is 1. The van der Waals surface area contributed by atoms with Gasteiger partial charge in [-0.25, -0.2) is 5.43 Å². The topological polar surface area (TPSA) is 107 Å². The summed E-state index contributed by atoms with van der Waals surface area (Å²) in [5.74, 6) is 0.693. The highest BCUT2D eigenvalue weighted by atomic mass is 35.5. The lowest BCUT2D eigenvalue weighted by atomic mass is 10.1. The smallest absolute Gasteiger partial charge is 0.280 e. The van der Waals surface area contributed by atoms with Gasteiger partial charge in [0.15, 0.2) is 6.61 Å². The van der Waals surface area contributed by atoms with Crippen molar-refractivity contribution in [3.05, 3.63) is 81.6 Å². The van der Waals surface area contributed by atoms with Crippen LogP contribution < -0.4 is 10.2 Å². The summed E-state index contributed by atoms with van der Waals surface area (Å²) < 4.78 is 10.8. The van der Waals surface area contributed by atoms with E-state index >= 15 is 0 Å². The van der Waals surface area contributed by atoms with Gasteiger partial charge in [-0.1, -0.05) is 23.7 Å². The molecule has 3 rings (SSSR count). The first-order chi connectivity index (χ1) is 13.5. The van der Waals surface area contributed by atoms with Crippen LogP contribution in [0.1, 0.15) is 5.76 Å². The minimum absolute atomic E-state index is 0.0620. The Bertz CT molecular complexity index is 1010. The standard InChI is InChI=1S/C19H14ClN3O5/c20-13-5-7-14(8-6-13)27-12-19(24)22-21-11-15-9-10-18(28-15)16-3-1-2-4-17(16)23(25)26/h1-11H,12H2,(H,22,24)/b21-11-. The fourth-order valence-corrected chi connectivity index (χ4v) is 2.41. The van der Waals surface area contributed by atoms with Gasteiger partial charge in [-0.15, -0.1) is 0 Å². The Kier molecular flexibility index (Phi) is 6.03. The van der Waals surface area contributed by atoms with Crippen LogP contribution >= 0.6 is 11.6 Å². The molecule has 28 heavy (non-hydrogen) atoms. The van der Waals surface area contributed by atoms with E-state index in [0.29, 0.717) is 27.9 Å². The number of nitro benzene ring substituents is 1. The van der Waals surface area contributed by atoms with Gasteiger partial charge in [0.2, 0.25) is 0 Å². The number of nitrogens with zero attached hydrogens (tertiary/aromatic N) is 2. The summed E-state index contributed by atoms with van der Waals surface area (Å²) >= 11 is 5.77. The zero-order valence-corrected chi connectivity index (χ0v) is 15.1. The lowest BCUT2D eigenvalue weighted by molar-refractivity contribution is -0.384. The molecule has 1 heterocycles. The molecule has 0 saturated carbocycles. The van der Waals surface area contributed by atoms with Gasteiger partial charge in [0.1, 0.15) is 17.3 Å². The molecule has 0 unspecified atom stereocenters. The lowest BCUT2D eigenvalue weighted by Crippen LogP contribution is -2.24. The number of rotatable bonds is 7. The molecule has 0 aliphatic carbocycles. The summed E-state index contributed by atoms with van der Waals surface area (Å²) in [6.45, 7) is -0.224. The third-order valence-electron chi connectivity index (χ3n) is 3.56. The molecular weight excluding hydrogens is 386 g/mol. The van der Waals surface area contributed by atoms with Gasteiger partial charge in [0.25, 0.3) is 11.6 Å². The van der Waals surface area contributed by atoms with E-state index in [0.717, 1.165) is 0 Å². The molecule has 1 aromatic heterocycles. The largest absolute Gasteiger partial charge is 0.484 e. The van der Waals surface area contributed by atoms with E-state index in [1.165, 1.54) is 12.3 Å². The van der Waals surface area contributed by atoms with Gasteiger partial charge in [0.05, 0.1) is 16.7 Å². The van der Waals surface area contributed by atoms with Crippen molar-refractivity contribution in [2.24, 2.45) is 5.10 Å². The zero-order valence-electron chi connectivity index (χ0n) is 14.4. The van der Waals surface area contributed by atoms with E-state index in [2.05, 4.69) is 10.5 Å². The number of benzene rings is 2. The Morgan fingerprint density at radius 1 is 1.18 bits per heavy atom. The van der Waals surface area contributed by atoms with Gasteiger partial charge < -0.3 is 9.15 Å². The van der Waals surface area contributed by atoms with Crippen LogP contribution in [0.15, 0.2) is 70.2 Å². The highest BCUT2D eigenvalue weighted by molar-refractivity contribution is 6.30. The fraction of sp³-hybridized carbons (Fsp3) is 0.0526. The molecule has 0 fully saturated rings. The molecule has 1 amide bonds. The Balaban J connectivity index is 1.56. The highest BCUT2D eigenvalue weighted by Crippen LogP contribution is 2.30. The summed E-state index contributed by atoms with van der Waals surface area (Å²) in [4.78, 5) is 22.4. The second kappa shape index (κ2) is 8.83. The molecule has 0 saturated heterocycles. The first-order valence-electron chi connectivity index (χ1n) is 8.07. The van der Waals surface area contributed by atoms with E-state index in [1.54, 1.807) is 54.6 Å². The van der Waals surface area contributed by atoms with Crippen molar-refractivity contribution in [3.8, 4) is 17.1 Å². The maximum Gasteiger partial charge on any atom is 0.280 e.